The molecule has 1 N–H and O–H groups in total. The molecule has 0 amide bonds. The van der Waals surface area contributed by atoms with Gasteiger partial charge in [0.2, 0.25) is 0 Å². The van der Waals surface area contributed by atoms with E-state index in [0.29, 0.717) is 28.9 Å². The van der Waals surface area contributed by atoms with E-state index in [2.05, 4.69) is 5.32 Å². The molecule has 0 aromatic heterocycles. The third-order valence-electron chi connectivity index (χ3n) is 2.72. The highest BCUT2D eigenvalue weighted by Crippen LogP contribution is 2.24. The predicted octanol–water partition coefficient (Wildman–Crippen LogP) is 5.14. The van der Waals surface area contributed by atoms with Crippen LogP contribution < -0.4 is 10.1 Å². The van der Waals surface area contributed by atoms with Gasteiger partial charge in [0.15, 0.2) is 11.6 Å². The Morgan fingerprint density at radius 3 is 2.65 bits per heavy atom. The van der Waals surface area contributed by atoms with Gasteiger partial charge in [0.25, 0.3) is 0 Å². The van der Waals surface area contributed by atoms with E-state index in [1.165, 1.54) is 6.07 Å². The number of ether oxygens (including phenoxy) is 1. The summed E-state index contributed by atoms with van der Waals surface area (Å²) >= 11 is 12.0. The van der Waals surface area contributed by atoms with Gasteiger partial charge in [-0.25, -0.2) is 4.39 Å². The molecule has 0 saturated carbocycles. The van der Waals surface area contributed by atoms with Crippen molar-refractivity contribution in [2.75, 3.05) is 11.9 Å². The Bertz CT molecular complexity index is 604. The second-order valence-corrected chi connectivity index (χ2v) is 5.01. The first kappa shape index (κ1) is 14.9. The Kier molecular flexibility index (Phi) is 5.10. The predicted molar refractivity (Wildman–Crippen MR) is 81.4 cm³/mol. The summed E-state index contributed by atoms with van der Waals surface area (Å²) in [6, 6.07) is 9.99. The highest BCUT2D eigenvalue weighted by molar-refractivity contribution is 6.33. The molecule has 0 fully saturated rings. The molecule has 0 aliphatic carbocycles. The van der Waals surface area contributed by atoms with Crippen LogP contribution in [-0.4, -0.2) is 6.61 Å². The maximum Gasteiger partial charge on any atom is 0.167 e. The minimum Gasteiger partial charge on any atom is -0.491 e. The lowest BCUT2D eigenvalue weighted by Crippen LogP contribution is -2.01. The minimum absolute atomic E-state index is 0.249. The smallest absolute Gasteiger partial charge is 0.167 e. The van der Waals surface area contributed by atoms with Crippen molar-refractivity contribution in [3.63, 3.8) is 0 Å². The highest BCUT2D eigenvalue weighted by Gasteiger charge is 2.05. The fraction of sp³-hybridized carbons (Fsp3) is 0.200. The van der Waals surface area contributed by atoms with Gasteiger partial charge in [-0.3, -0.25) is 0 Å². The molecule has 20 heavy (non-hydrogen) atoms. The molecule has 5 heteroatoms. The van der Waals surface area contributed by atoms with Gasteiger partial charge in [0.1, 0.15) is 0 Å². The molecular formula is C15H14Cl2FNO. The van der Waals surface area contributed by atoms with Crippen LogP contribution in [0.5, 0.6) is 5.75 Å². The number of nitrogens with one attached hydrogen (secondary N) is 1. The van der Waals surface area contributed by atoms with Crippen molar-refractivity contribution >= 4 is 28.9 Å². The van der Waals surface area contributed by atoms with Crippen LogP contribution in [0.4, 0.5) is 10.1 Å². The lowest BCUT2D eigenvalue weighted by atomic mass is 10.2. The number of hydrogen-bond acceptors (Lipinski definition) is 2. The summed E-state index contributed by atoms with van der Waals surface area (Å²) in [5.74, 6) is -0.145. The Hall–Kier alpha value is -1.45. The van der Waals surface area contributed by atoms with Crippen LogP contribution in [0.25, 0.3) is 0 Å². The number of anilines is 1. The van der Waals surface area contributed by atoms with Gasteiger partial charge in [0.05, 0.1) is 6.61 Å². The Labute approximate surface area is 127 Å². The summed E-state index contributed by atoms with van der Waals surface area (Å²) in [5.41, 5.74) is 1.51. The molecule has 0 spiro atoms. The van der Waals surface area contributed by atoms with Crippen molar-refractivity contribution in [3.8, 4) is 5.75 Å². The van der Waals surface area contributed by atoms with E-state index in [0.717, 1.165) is 5.56 Å². The Morgan fingerprint density at radius 1 is 1.15 bits per heavy atom. The monoisotopic (exact) mass is 313 g/mol. The van der Waals surface area contributed by atoms with Crippen molar-refractivity contribution < 1.29 is 9.13 Å². The van der Waals surface area contributed by atoms with Gasteiger partial charge in [-0.15, -0.1) is 0 Å². The van der Waals surface area contributed by atoms with E-state index in [1.54, 1.807) is 30.3 Å². The molecule has 2 aromatic carbocycles. The molecule has 2 nitrogen and oxygen atoms in total. The topological polar surface area (TPSA) is 21.3 Å². The number of benzene rings is 2. The second kappa shape index (κ2) is 6.82. The zero-order valence-electron chi connectivity index (χ0n) is 10.9. The van der Waals surface area contributed by atoms with Gasteiger partial charge in [-0.1, -0.05) is 23.2 Å². The van der Waals surface area contributed by atoms with Gasteiger partial charge in [-0.05, 0) is 42.8 Å². The van der Waals surface area contributed by atoms with Crippen molar-refractivity contribution in [3.05, 3.63) is 57.8 Å². The van der Waals surface area contributed by atoms with Crippen molar-refractivity contribution in [2.45, 2.75) is 13.5 Å². The molecule has 0 heterocycles. The number of rotatable bonds is 5. The molecule has 0 radical (unpaired) electrons. The average Bonchev–Trinajstić information content (AvgIpc) is 2.43. The lowest BCUT2D eigenvalue weighted by Gasteiger charge is -2.10. The van der Waals surface area contributed by atoms with Crippen LogP contribution in [0.2, 0.25) is 10.0 Å². The third-order valence-corrected chi connectivity index (χ3v) is 3.33. The minimum atomic E-state index is -0.394. The normalized spacial score (nSPS) is 10.4. The molecule has 0 aliphatic rings. The molecule has 2 aromatic rings. The molecule has 2 rings (SSSR count). The van der Waals surface area contributed by atoms with E-state index in [9.17, 15) is 4.39 Å². The van der Waals surface area contributed by atoms with Gasteiger partial charge in [-0.2, -0.15) is 0 Å². The molecule has 0 bridgehead atoms. The average molecular weight is 314 g/mol. The van der Waals surface area contributed by atoms with Gasteiger partial charge >= 0.3 is 0 Å². The molecule has 106 valence electrons. The maximum absolute atomic E-state index is 13.7. The van der Waals surface area contributed by atoms with E-state index in [-0.39, 0.29) is 5.75 Å². The first-order valence-corrected chi connectivity index (χ1v) is 6.96. The van der Waals surface area contributed by atoms with E-state index < -0.39 is 5.82 Å². The number of hydrogen-bond donors (Lipinski definition) is 1. The number of halogens is 3. The first-order valence-electron chi connectivity index (χ1n) is 6.20. The molecule has 0 saturated heterocycles. The van der Waals surface area contributed by atoms with Crippen LogP contribution in [0, 0.1) is 5.82 Å². The van der Waals surface area contributed by atoms with E-state index in [4.69, 9.17) is 27.9 Å². The van der Waals surface area contributed by atoms with Crippen LogP contribution >= 0.6 is 23.2 Å². The van der Waals surface area contributed by atoms with Crippen LogP contribution in [-0.2, 0) is 6.54 Å². The fourth-order valence-electron chi connectivity index (χ4n) is 1.76. The van der Waals surface area contributed by atoms with Crippen molar-refractivity contribution in [1.29, 1.82) is 0 Å². The zero-order valence-corrected chi connectivity index (χ0v) is 12.4. The van der Waals surface area contributed by atoms with Crippen LogP contribution in [0.1, 0.15) is 12.5 Å². The largest absolute Gasteiger partial charge is 0.491 e. The van der Waals surface area contributed by atoms with Crippen molar-refractivity contribution in [1.82, 2.24) is 0 Å². The highest BCUT2D eigenvalue weighted by atomic mass is 35.5. The molecule has 0 atom stereocenters. The SMILES string of the molecule is CCOc1ccc(NCc2cc(Cl)ccc2Cl)cc1F. The van der Waals surface area contributed by atoms with Crippen LogP contribution in [0.15, 0.2) is 36.4 Å². The molecule has 0 unspecified atom stereocenters. The standard InChI is InChI=1S/C15H14Cl2FNO/c1-2-20-15-6-4-12(8-14(15)18)19-9-10-7-11(16)3-5-13(10)17/h3-8,19H,2,9H2,1H3. The van der Waals surface area contributed by atoms with E-state index in [1.807, 2.05) is 6.92 Å². The quantitative estimate of drug-likeness (QED) is 0.824. The van der Waals surface area contributed by atoms with Gasteiger partial charge in [0, 0.05) is 28.3 Å². The Morgan fingerprint density at radius 2 is 1.95 bits per heavy atom. The summed E-state index contributed by atoms with van der Waals surface area (Å²) < 4.78 is 18.8. The molecular weight excluding hydrogens is 300 g/mol. The fourth-order valence-corrected chi connectivity index (χ4v) is 2.14. The lowest BCUT2D eigenvalue weighted by molar-refractivity contribution is 0.321. The summed E-state index contributed by atoms with van der Waals surface area (Å²) in [5, 5.41) is 4.33. The second-order valence-electron chi connectivity index (χ2n) is 4.17. The zero-order chi connectivity index (χ0) is 14.5. The molecule has 0 aliphatic heterocycles. The van der Waals surface area contributed by atoms with Gasteiger partial charge < -0.3 is 10.1 Å². The summed E-state index contributed by atoms with van der Waals surface area (Å²) in [6.45, 7) is 2.71. The summed E-state index contributed by atoms with van der Waals surface area (Å²) in [6.07, 6.45) is 0. The van der Waals surface area contributed by atoms with Crippen molar-refractivity contribution in [2.24, 2.45) is 0 Å². The summed E-state index contributed by atoms with van der Waals surface area (Å²) in [7, 11) is 0. The summed E-state index contributed by atoms with van der Waals surface area (Å²) in [4.78, 5) is 0. The van der Waals surface area contributed by atoms with Crippen LogP contribution in [0.3, 0.4) is 0 Å². The Balaban J connectivity index is 2.07. The maximum atomic E-state index is 13.7. The van der Waals surface area contributed by atoms with E-state index >= 15 is 0 Å². The third kappa shape index (κ3) is 3.78. The first-order chi connectivity index (χ1) is 9.60.